The molecule has 0 aliphatic carbocycles. The Hall–Kier alpha value is -2.88. The largest absolute Gasteiger partial charge is 0.298 e. The minimum Gasteiger partial charge on any atom is -0.298 e. The van der Waals surface area contributed by atoms with Crippen molar-refractivity contribution in [1.29, 1.82) is 0 Å². The van der Waals surface area contributed by atoms with Crippen LogP contribution in [0.1, 0.15) is 10.4 Å². The van der Waals surface area contributed by atoms with Crippen LogP contribution < -0.4 is 0 Å². The van der Waals surface area contributed by atoms with Crippen LogP contribution in [0.15, 0.2) is 61.4 Å². The molecule has 0 amide bonds. The highest BCUT2D eigenvalue weighted by Gasteiger charge is 2.12. The highest BCUT2D eigenvalue weighted by atomic mass is 16.1. The van der Waals surface area contributed by atoms with Gasteiger partial charge in [-0.15, -0.1) is 0 Å². The van der Waals surface area contributed by atoms with Crippen LogP contribution in [0.2, 0.25) is 0 Å². The Bertz CT molecular complexity index is 669. The lowest BCUT2D eigenvalue weighted by atomic mass is 9.97. The lowest BCUT2D eigenvalue weighted by molar-refractivity contribution is 0.112. The van der Waals surface area contributed by atoms with Gasteiger partial charge in [0.1, 0.15) is 0 Å². The zero-order chi connectivity index (χ0) is 13.8. The van der Waals surface area contributed by atoms with Crippen molar-refractivity contribution in [2.24, 2.45) is 0 Å². The van der Waals surface area contributed by atoms with Gasteiger partial charge < -0.3 is 0 Å². The second-order valence-corrected chi connectivity index (χ2v) is 4.25. The van der Waals surface area contributed by atoms with E-state index in [0.717, 1.165) is 28.5 Å². The molecule has 0 aliphatic rings. The van der Waals surface area contributed by atoms with Gasteiger partial charge in [0, 0.05) is 65.0 Å². The molecule has 0 spiro atoms. The second-order valence-electron chi connectivity index (χ2n) is 4.25. The molecule has 0 aliphatic heterocycles. The van der Waals surface area contributed by atoms with Gasteiger partial charge in [-0.25, -0.2) is 0 Å². The summed E-state index contributed by atoms with van der Waals surface area (Å²) in [7, 11) is 0. The predicted octanol–water partition coefficient (Wildman–Crippen LogP) is 3.02. The van der Waals surface area contributed by atoms with E-state index in [9.17, 15) is 4.79 Å². The first-order valence-corrected chi connectivity index (χ1v) is 6.14. The van der Waals surface area contributed by atoms with Gasteiger partial charge in [-0.1, -0.05) is 12.1 Å². The van der Waals surface area contributed by atoms with Gasteiger partial charge in [-0.3, -0.25) is 19.7 Å². The van der Waals surface area contributed by atoms with Gasteiger partial charge in [0.25, 0.3) is 0 Å². The normalized spacial score (nSPS) is 10.2. The maximum absolute atomic E-state index is 11.5. The van der Waals surface area contributed by atoms with E-state index in [-0.39, 0.29) is 0 Å². The summed E-state index contributed by atoms with van der Waals surface area (Å²) in [6.45, 7) is 0. The Morgan fingerprint density at radius 2 is 1.30 bits per heavy atom. The molecular formula is C16H11N3O. The number of hydrogen-bond acceptors (Lipinski definition) is 4. The van der Waals surface area contributed by atoms with Crippen molar-refractivity contribution in [3.63, 3.8) is 0 Å². The zero-order valence-electron chi connectivity index (χ0n) is 10.6. The lowest BCUT2D eigenvalue weighted by Gasteiger charge is -2.09. The van der Waals surface area contributed by atoms with E-state index in [4.69, 9.17) is 0 Å². The fourth-order valence-corrected chi connectivity index (χ4v) is 2.10. The predicted molar refractivity (Wildman–Crippen MR) is 76.1 cm³/mol. The number of hydrogen-bond donors (Lipinski definition) is 0. The highest BCUT2D eigenvalue weighted by molar-refractivity contribution is 5.95. The molecular weight excluding hydrogens is 250 g/mol. The highest BCUT2D eigenvalue weighted by Crippen LogP contribution is 2.29. The molecule has 0 unspecified atom stereocenters. The average molecular weight is 261 g/mol. The van der Waals surface area contributed by atoms with Crippen molar-refractivity contribution >= 4 is 6.29 Å². The molecule has 20 heavy (non-hydrogen) atoms. The molecule has 0 fully saturated rings. The molecule has 3 aromatic heterocycles. The number of rotatable bonds is 3. The summed E-state index contributed by atoms with van der Waals surface area (Å²) in [5.74, 6) is 0. The Kier molecular flexibility index (Phi) is 3.29. The van der Waals surface area contributed by atoms with Crippen molar-refractivity contribution in [2.75, 3.05) is 0 Å². The van der Waals surface area contributed by atoms with Gasteiger partial charge in [-0.2, -0.15) is 0 Å². The molecule has 3 heterocycles. The van der Waals surface area contributed by atoms with E-state index in [2.05, 4.69) is 15.0 Å². The molecule has 4 heteroatoms. The number of pyridine rings is 3. The summed E-state index contributed by atoms with van der Waals surface area (Å²) < 4.78 is 0. The summed E-state index contributed by atoms with van der Waals surface area (Å²) in [6.07, 6.45) is 11.0. The first-order chi connectivity index (χ1) is 9.90. The van der Waals surface area contributed by atoms with E-state index in [1.54, 1.807) is 37.2 Å². The number of aromatic nitrogens is 3. The molecule has 0 atom stereocenters. The zero-order valence-corrected chi connectivity index (χ0v) is 10.6. The quantitative estimate of drug-likeness (QED) is 0.680. The number of nitrogens with zero attached hydrogens (tertiary/aromatic N) is 3. The topological polar surface area (TPSA) is 55.7 Å². The standard InChI is InChI=1S/C16H11N3O/c20-11-16-14(12-3-1-5-17-7-12)9-19-10-15(16)13-4-2-6-18-8-13/h1-11H. The maximum Gasteiger partial charge on any atom is 0.151 e. The Morgan fingerprint density at radius 1 is 0.750 bits per heavy atom. The Balaban J connectivity index is 2.22. The first kappa shape index (κ1) is 12.2. The molecule has 0 saturated heterocycles. The molecule has 0 aromatic carbocycles. The van der Waals surface area contributed by atoms with E-state index in [0.29, 0.717) is 5.56 Å². The van der Waals surface area contributed by atoms with Crippen LogP contribution in [-0.4, -0.2) is 21.2 Å². The summed E-state index contributed by atoms with van der Waals surface area (Å²) in [5.41, 5.74) is 3.88. The molecule has 0 bridgehead atoms. The molecule has 3 aromatic rings. The second kappa shape index (κ2) is 5.40. The minimum atomic E-state index is 0.598. The van der Waals surface area contributed by atoms with E-state index in [1.165, 1.54) is 0 Å². The molecule has 0 N–H and O–H groups in total. The SMILES string of the molecule is O=Cc1c(-c2cccnc2)cncc1-c1cccnc1. The van der Waals surface area contributed by atoms with E-state index >= 15 is 0 Å². The first-order valence-electron chi connectivity index (χ1n) is 6.14. The smallest absolute Gasteiger partial charge is 0.151 e. The third-order valence-electron chi connectivity index (χ3n) is 3.05. The number of carbonyl (C=O) groups is 1. The van der Waals surface area contributed by atoms with Gasteiger partial charge in [-0.05, 0) is 12.1 Å². The fourth-order valence-electron chi connectivity index (χ4n) is 2.10. The van der Waals surface area contributed by atoms with Crippen molar-refractivity contribution in [3.8, 4) is 22.3 Å². The fraction of sp³-hybridized carbons (Fsp3) is 0. The average Bonchev–Trinajstić information content (AvgIpc) is 2.55. The van der Waals surface area contributed by atoms with Crippen molar-refractivity contribution in [3.05, 3.63) is 67.0 Å². The maximum atomic E-state index is 11.5. The summed E-state index contributed by atoms with van der Waals surface area (Å²) in [6, 6.07) is 7.48. The van der Waals surface area contributed by atoms with E-state index in [1.807, 2.05) is 24.3 Å². The summed E-state index contributed by atoms with van der Waals surface area (Å²) in [5, 5.41) is 0. The molecule has 0 saturated carbocycles. The molecule has 0 radical (unpaired) electrons. The van der Waals surface area contributed by atoms with Gasteiger partial charge in [0.05, 0.1) is 0 Å². The molecule has 3 rings (SSSR count). The number of carbonyl (C=O) groups excluding carboxylic acids is 1. The van der Waals surface area contributed by atoms with Crippen molar-refractivity contribution in [2.45, 2.75) is 0 Å². The van der Waals surface area contributed by atoms with Gasteiger partial charge in [0.2, 0.25) is 0 Å². The van der Waals surface area contributed by atoms with Crippen LogP contribution in [-0.2, 0) is 0 Å². The van der Waals surface area contributed by atoms with Gasteiger partial charge in [0.15, 0.2) is 6.29 Å². The van der Waals surface area contributed by atoms with Crippen LogP contribution >= 0.6 is 0 Å². The molecule has 96 valence electrons. The third kappa shape index (κ3) is 2.19. The van der Waals surface area contributed by atoms with Crippen LogP contribution in [0.3, 0.4) is 0 Å². The van der Waals surface area contributed by atoms with Gasteiger partial charge >= 0.3 is 0 Å². The lowest BCUT2D eigenvalue weighted by Crippen LogP contribution is -1.95. The summed E-state index contributed by atoms with van der Waals surface area (Å²) in [4.78, 5) is 23.9. The number of aldehydes is 1. The van der Waals surface area contributed by atoms with Crippen LogP contribution in [0.5, 0.6) is 0 Å². The van der Waals surface area contributed by atoms with Crippen molar-refractivity contribution < 1.29 is 4.79 Å². The van der Waals surface area contributed by atoms with Crippen molar-refractivity contribution in [1.82, 2.24) is 15.0 Å². The van der Waals surface area contributed by atoms with Crippen LogP contribution in [0.4, 0.5) is 0 Å². The molecule has 4 nitrogen and oxygen atoms in total. The Labute approximate surface area is 116 Å². The third-order valence-corrected chi connectivity index (χ3v) is 3.05. The van der Waals surface area contributed by atoms with E-state index < -0.39 is 0 Å². The Morgan fingerprint density at radius 3 is 1.70 bits per heavy atom. The van der Waals surface area contributed by atoms with Crippen LogP contribution in [0, 0.1) is 0 Å². The minimum absolute atomic E-state index is 0.598. The summed E-state index contributed by atoms with van der Waals surface area (Å²) >= 11 is 0. The van der Waals surface area contributed by atoms with Crippen LogP contribution in [0.25, 0.3) is 22.3 Å². The monoisotopic (exact) mass is 261 g/mol.